The number of benzene rings is 1. The van der Waals surface area contributed by atoms with Crippen LogP contribution in [0.3, 0.4) is 0 Å². The molecule has 0 N–H and O–H groups in total. The Hall–Kier alpha value is -1.51. The normalized spacial score (nSPS) is 16.3. The van der Waals surface area contributed by atoms with Crippen molar-refractivity contribution in [3.63, 3.8) is 0 Å². The minimum Gasteiger partial charge on any atom is -0.459 e. The largest absolute Gasteiger partial charge is 0.459 e. The van der Waals surface area contributed by atoms with Crippen LogP contribution in [0.4, 0.5) is 5.69 Å². The summed E-state index contributed by atoms with van der Waals surface area (Å²) in [4.78, 5) is 14.0. The van der Waals surface area contributed by atoms with Crippen molar-refractivity contribution in [1.29, 1.82) is 0 Å². The van der Waals surface area contributed by atoms with Gasteiger partial charge in [0.05, 0.1) is 5.56 Å². The number of hydrogen-bond donors (Lipinski definition) is 0. The van der Waals surface area contributed by atoms with E-state index in [0.29, 0.717) is 5.56 Å². The van der Waals surface area contributed by atoms with Gasteiger partial charge in [0.25, 0.3) is 0 Å². The molecule has 1 aromatic rings. The van der Waals surface area contributed by atoms with Gasteiger partial charge in [-0.05, 0) is 43.9 Å². The van der Waals surface area contributed by atoms with Crippen LogP contribution in [0.5, 0.6) is 0 Å². The predicted octanol–water partition coefficient (Wildman–Crippen LogP) is 3.24. The number of esters is 1. The molecule has 0 aliphatic heterocycles. The van der Waals surface area contributed by atoms with Crippen LogP contribution in [0.1, 0.15) is 42.5 Å². The highest BCUT2D eigenvalue weighted by atomic mass is 16.5. The number of nitrogens with zero attached hydrogens (tertiary/aromatic N) is 1. The molecule has 18 heavy (non-hydrogen) atoms. The molecule has 98 valence electrons. The average Bonchev–Trinajstić information content (AvgIpc) is 2.40. The first-order valence-corrected chi connectivity index (χ1v) is 6.65. The van der Waals surface area contributed by atoms with Crippen LogP contribution in [-0.4, -0.2) is 26.2 Å². The summed E-state index contributed by atoms with van der Waals surface area (Å²) in [5.41, 5.74) is 1.67. The van der Waals surface area contributed by atoms with E-state index in [-0.39, 0.29) is 12.1 Å². The molecule has 0 saturated heterocycles. The van der Waals surface area contributed by atoms with Gasteiger partial charge in [0, 0.05) is 19.8 Å². The van der Waals surface area contributed by atoms with E-state index in [9.17, 15) is 4.79 Å². The first-order chi connectivity index (χ1) is 8.66. The Morgan fingerprint density at radius 2 is 1.94 bits per heavy atom. The van der Waals surface area contributed by atoms with Crippen molar-refractivity contribution < 1.29 is 9.53 Å². The molecule has 0 bridgehead atoms. The van der Waals surface area contributed by atoms with Crippen LogP contribution in [0.2, 0.25) is 0 Å². The maximum atomic E-state index is 12.0. The molecule has 0 atom stereocenters. The molecular weight excluding hydrogens is 226 g/mol. The minimum atomic E-state index is -0.189. The van der Waals surface area contributed by atoms with Crippen molar-refractivity contribution in [2.24, 2.45) is 0 Å². The van der Waals surface area contributed by atoms with Crippen LogP contribution in [0, 0.1) is 0 Å². The van der Waals surface area contributed by atoms with E-state index in [1.54, 1.807) is 0 Å². The maximum Gasteiger partial charge on any atom is 0.338 e. The van der Waals surface area contributed by atoms with Gasteiger partial charge in [0.2, 0.25) is 0 Å². The summed E-state index contributed by atoms with van der Waals surface area (Å²) < 4.78 is 5.55. The van der Waals surface area contributed by atoms with Crippen LogP contribution < -0.4 is 4.90 Å². The monoisotopic (exact) mass is 247 g/mol. The zero-order valence-corrected chi connectivity index (χ0v) is 11.2. The van der Waals surface area contributed by atoms with Crippen LogP contribution in [0.15, 0.2) is 24.3 Å². The van der Waals surface area contributed by atoms with Gasteiger partial charge in [-0.3, -0.25) is 0 Å². The van der Waals surface area contributed by atoms with E-state index in [0.717, 1.165) is 18.5 Å². The lowest BCUT2D eigenvalue weighted by molar-refractivity contribution is 0.0211. The molecule has 1 aromatic carbocycles. The summed E-state index contributed by atoms with van der Waals surface area (Å²) in [6.45, 7) is 0. The van der Waals surface area contributed by atoms with Gasteiger partial charge >= 0.3 is 5.97 Å². The summed E-state index contributed by atoms with van der Waals surface area (Å²) in [5, 5.41) is 0. The molecule has 1 fully saturated rings. The van der Waals surface area contributed by atoms with Gasteiger partial charge in [0.15, 0.2) is 0 Å². The SMILES string of the molecule is CN(C)c1cccc(C(=O)OC2CCCCC2)c1. The lowest BCUT2D eigenvalue weighted by Crippen LogP contribution is -2.21. The highest BCUT2D eigenvalue weighted by Gasteiger charge is 2.18. The number of anilines is 1. The predicted molar refractivity (Wildman–Crippen MR) is 73.1 cm³/mol. The Morgan fingerprint density at radius 3 is 2.61 bits per heavy atom. The summed E-state index contributed by atoms with van der Waals surface area (Å²) >= 11 is 0. The lowest BCUT2D eigenvalue weighted by atomic mass is 9.98. The first-order valence-electron chi connectivity index (χ1n) is 6.65. The summed E-state index contributed by atoms with van der Waals surface area (Å²) in [6.07, 6.45) is 5.77. The van der Waals surface area contributed by atoms with Crippen molar-refractivity contribution in [2.75, 3.05) is 19.0 Å². The van der Waals surface area contributed by atoms with E-state index in [1.807, 2.05) is 43.3 Å². The van der Waals surface area contributed by atoms with Crippen molar-refractivity contribution >= 4 is 11.7 Å². The van der Waals surface area contributed by atoms with Crippen LogP contribution >= 0.6 is 0 Å². The molecule has 2 rings (SSSR count). The third kappa shape index (κ3) is 3.25. The molecule has 1 saturated carbocycles. The van der Waals surface area contributed by atoms with Crippen molar-refractivity contribution in [1.82, 2.24) is 0 Å². The summed E-state index contributed by atoms with van der Waals surface area (Å²) in [7, 11) is 3.93. The molecule has 0 spiro atoms. The second-order valence-corrected chi connectivity index (χ2v) is 5.11. The van der Waals surface area contributed by atoms with E-state index in [1.165, 1.54) is 19.3 Å². The molecule has 3 heteroatoms. The molecule has 0 amide bonds. The lowest BCUT2D eigenvalue weighted by Gasteiger charge is -2.22. The van der Waals surface area contributed by atoms with Crippen molar-refractivity contribution in [3.05, 3.63) is 29.8 Å². The van der Waals surface area contributed by atoms with Gasteiger partial charge in [-0.15, -0.1) is 0 Å². The Labute approximate surface area is 109 Å². The maximum absolute atomic E-state index is 12.0. The van der Waals surface area contributed by atoms with Gasteiger partial charge in [0.1, 0.15) is 6.10 Å². The van der Waals surface area contributed by atoms with E-state index >= 15 is 0 Å². The molecule has 1 aliphatic carbocycles. The van der Waals surface area contributed by atoms with E-state index < -0.39 is 0 Å². The molecular formula is C15H21NO2. The number of hydrogen-bond acceptors (Lipinski definition) is 3. The van der Waals surface area contributed by atoms with Crippen LogP contribution in [-0.2, 0) is 4.74 Å². The minimum absolute atomic E-state index is 0.120. The Morgan fingerprint density at radius 1 is 1.22 bits per heavy atom. The van der Waals surface area contributed by atoms with Gasteiger partial charge in [-0.2, -0.15) is 0 Å². The van der Waals surface area contributed by atoms with Gasteiger partial charge in [-0.25, -0.2) is 4.79 Å². The van der Waals surface area contributed by atoms with E-state index in [4.69, 9.17) is 4.74 Å². The third-order valence-corrected chi connectivity index (χ3v) is 3.42. The van der Waals surface area contributed by atoms with Crippen molar-refractivity contribution in [2.45, 2.75) is 38.2 Å². The summed E-state index contributed by atoms with van der Waals surface area (Å²) in [6, 6.07) is 7.58. The highest BCUT2D eigenvalue weighted by molar-refractivity contribution is 5.90. The average molecular weight is 247 g/mol. The molecule has 0 radical (unpaired) electrons. The van der Waals surface area contributed by atoms with Crippen LogP contribution in [0.25, 0.3) is 0 Å². The molecule has 0 aromatic heterocycles. The first kappa shape index (κ1) is 12.9. The fraction of sp³-hybridized carbons (Fsp3) is 0.533. The smallest absolute Gasteiger partial charge is 0.338 e. The second-order valence-electron chi connectivity index (χ2n) is 5.11. The molecule has 0 heterocycles. The third-order valence-electron chi connectivity index (χ3n) is 3.42. The second kappa shape index (κ2) is 5.89. The Kier molecular flexibility index (Phi) is 4.24. The van der Waals surface area contributed by atoms with Gasteiger partial charge in [-0.1, -0.05) is 12.5 Å². The van der Waals surface area contributed by atoms with Gasteiger partial charge < -0.3 is 9.64 Å². The fourth-order valence-corrected chi connectivity index (χ4v) is 2.31. The Balaban J connectivity index is 2.01. The molecule has 1 aliphatic rings. The number of ether oxygens (including phenoxy) is 1. The zero-order chi connectivity index (χ0) is 13.0. The highest BCUT2D eigenvalue weighted by Crippen LogP contribution is 2.22. The quantitative estimate of drug-likeness (QED) is 0.768. The molecule has 0 unspecified atom stereocenters. The number of carbonyl (C=O) groups is 1. The Bertz CT molecular complexity index is 409. The summed E-state index contributed by atoms with van der Waals surface area (Å²) in [5.74, 6) is -0.189. The number of rotatable bonds is 3. The molecule has 3 nitrogen and oxygen atoms in total. The number of carbonyl (C=O) groups excluding carboxylic acids is 1. The standard InChI is InChI=1S/C15H21NO2/c1-16(2)13-8-6-7-12(11-13)15(17)18-14-9-4-3-5-10-14/h6-8,11,14H,3-5,9-10H2,1-2H3. The van der Waals surface area contributed by atoms with E-state index in [2.05, 4.69) is 0 Å². The fourth-order valence-electron chi connectivity index (χ4n) is 2.31. The zero-order valence-electron chi connectivity index (χ0n) is 11.2. The topological polar surface area (TPSA) is 29.5 Å². The van der Waals surface area contributed by atoms with Crippen molar-refractivity contribution in [3.8, 4) is 0 Å².